The maximum absolute atomic E-state index is 12.9. The van der Waals surface area contributed by atoms with Crippen molar-refractivity contribution in [1.82, 2.24) is 4.98 Å². The van der Waals surface area contributed by atoms with Crippen molar-refractivity contribution in [2.75, 3.05) is 0 Å². The predicted molar refractivity (Wildman–Crippen MR) is 118 cm³/mol. The minimum Gasteiger partial charge on any atom is -0.437 e. The number of aromatic nitrogens is 1. The van der Waals surface area contributed by atoms with Crippen molar-refractivity contribution < 1.29 is 14.0 Å². The Labute approximate surface area is 177 Å². The molecule has 2 aliphatic carbocycles. The van der Waals surface area contributed by atoms with E-state index in [1.54, 1.807) is 17.4 Å². The number of hydrogen-bond acceptors (Lipinski definition) is 5. The molecule has 5 heteroatoms. The molecular formula is C25H19NO3S. The fourth-order valence-electron chi connectivity index (χ4n) is 4.65. The van der Waals surface area contributed by atoms with Gasteiger partial charge in [0.2, 0.25) is 5.71 Å². The predicted octanol–water partition coefficient (Wildman–Crippen LogP) is 6.55. The van der Waals surface area contributed by atoms with Gasteiger partial charge in [0.25, 0.3) is 0 Å². The van der Waals surface area contributed by atoms with Gasteiger partial charge in [0, 0.05) is 23.1 Å². The number of thiazole rings is 1. The SMILES string of the molecule is O=C1C(=Cc2cc3sc(C4CCCCC4)nc3o2)C(=O)c2cc3ccccc3cc21. The molecule has 0 saturated heterocycles. The molecule has 2 aliphatic rings. The van der Waals surface area contributed by atoms with Gasteiger partial charge in [0.1, 0.15) is 10.8 Å². The van der Waals surface area contributed by atoms with E-state index < -0.39 is 0 Å². The fourth-order valence-corrected chi connectivity index (χ4v) is 5.75. The zero-order valence-electron chi connectivity index (χ0n) is 16.3. The van der Waals surface area contributed by atoms with Crippen LogP contribution in [0.2, 0.25) is 0 Å². The first-order valence-electron chi connectivity index (χ1n) is 10.4. The highest BCUT2D eigenvalue weighted by atomic mass is 32.1. The third-order valence-electron chi connectivity index (χ3n) is 6.23. The number of Topliss-reactive ketones (excluding diaryl/α,β-unsaturated/α-hetero) is 2. The molecule has 4 aromatic rings. The van der Waals surface area contributed by atoms with Crippen LogP contribution in [0.15, 0.2) is 52.5 Å². The molecule has 0 spiro atoms. The van der Waals surface area contributed by atoms with Gasteiger partial charge in [0.15, 0.2) is 11.6 Å². The van der Waals surface area contributed by atoms with Crippen LogP contribution >= 0.6 is 11.3 Å². The molecule has 0 radical (unpaired) electrons. The first kappa shape index (κ1) is 17.8. The van der Waals surface area contributed by atoms with E-state index in [4.69, 9.17) is 9.40 Å². The van der Waals surface area contributed by atoms with Crippen LogP contribution < -0.4 is 0 Å². The van der Waals surface area contributed by atoms with Crippen molar-refractivity contribution in [2.24, 2.45) is 0 Å². The lowest BCUT2D eigenvalue weighted by Gasteiger charge is -2.18. The van der Waals surface area contributed by atoms with Gasteiger partial charge in [-0.1, -0.05) is 43.5 Å². The number of benzene rings is 2. The zero-order chi connectivity index (χ0) is 20.2. The van der Waals surface area contributed by atoms with Gasteiger partial charge in [-0.25, -0.2) is 4.98 Å². The molecule has 2 aromatic heterocycles. The van der Waals surface area contributed by atoms with Gasteiger partial charge in [-0.15, -0.1) is 11.3 Å². The van der Waals surface area contributed by atoms with Crippen molar-refractivity contribution in [3.8, 4) is 0 Å². The second-order valence-corrected chi connectivity index (χ2v) is 9.23. The number of rotatable bonds is 2. The number of ketones is 2. The van der Waals surface area contributed by atoms with Gasteiger partial charge < -0.3 is 4.42 Å². The molecular weight excluding hydrogens is 394 g/mol. The third kappa shape index (κ3) is 2.76. The number of hydrogen-bond donors (Lipinski definition) is 0. The summed E-state index contributed by atoms with van der Waals surface area (Å²) < 4.78 is 6.87. The molecule has 148 valence electrons. The highest BCUT2D eigenvalue weighted by molar-refractivity contribution is 7.18. The summed E-state index contributed by atoms with van der Waals surface area (Å²) in [6, 6.07) is 13.3. The molecule has 6 rings (SSSR count). The van der Waals surface area contributed by atoms with E-state index in [-0.39, 0.29) is 17.1 Å². The number of furan rings is 1. The summed E-state index contributed by atoms with van der Waals surface area (Å²) in [5.41, 5.74) is 1.70. The van der Waals surface area contributed by atoms with Crippen LogP contribution in [0.25, 0.3) is 27.3 Å². The molecule has 2 aromatic carbocycles. The molecule has 0 N–H and O–H groups in total. The Bertz CT molecular complexity index is 1280. The molecule has 0 bridgehead atoms. The van der Waals surface area contributed by atoms with Gasteiger partial charge in [-0.05, 0) is 41.8 Å². The Kier molecular flexibility index (Phi) is 4.00. The molecule has 1 fully saturated rings. The van der Waals surface area contributed by atoms with Gasteiger partial charge in [-0.2, -0.15) is 0 Å². The largest absolute Gasteiger partial charge is 0.437 e. The van der Waals surface area contributed by atoms with E-state index in [0.717, 1.165) is 20.5 Å². The van der Waals surface area contributed by atoms with Gasteiger partial charge >= 0.3 is 0 Å². The normalized spacial score (nSPS) is 17.3. The summed E-state index contributed by atoms with van der Waals surface area (Å²) in [5.74, 6) is 0.565. The average Bonchev–Trinajstić information content (AvgIpc) is 3.41. The minimum absolute atomic E-state index is 0.161. The molecule has 4 nitrogen and oxygen atoms in total. The molecule has 0 amide bonds. The third-order valence-corrected chi connectivity index (χ3v) is 7.38. The standard InChI is InChI=1S/C25H19NO3S/c27-22-18-10-15-8-4-5-9-16(15)11-19(18)23(28)20(22)12-17-13-21-24(29-17)26-25(30-21)14-6-2-1-3-7-14/h4-5,8-14H,1-3,6-7H2. The number of carbonyl (C=O) groups is 2. The van der Waals surface area contributed by atoms with Crippen molar-refractivity contribution >= 4 is 50.2 Å². The van der Waals surface area contributed by atoms with Crippen LogP contribution in [-0.2, 0) is 0 Å². The summed E-state index contributed by atoms with van der Waals surface area (Å²) in [5, 5.41) is 3.06. The molecule has 1 saturated carbocycles. The van der Waals surface area contributed by atoms with E-state index in [1.165, 1.54) is 32.1 Å². The molecule has 0 unspecified atom stereocenters. The summed E-state index contributed by atoms with van der Waals surface area (Å²) in [6.45, 7) is 0. The van der Waals surface area contributed by atoms with Crippen LogP contribution in [0, 0.1) is 0 Å². The van der Waals surface area contributed by atoms with Crippen LogP contribution in [0.3, 0.4) is 0 Å². The van der Waals surface area contributed by atoms with Gasteiger partial charge in [-0.3, -0.25) is 9.59 Å². The lowest BCUT2D eigenvalue weighted by Crippen LogP contribution is -2.03. The summed E-state index contributed by atoms with van der Waals surface area (Å²) in [6.07, 6.45) is 7.82. The van der Waals surface area contributed by atoms with E-state index >= 15 is 0 Å². The number of carbonyl (C=O) groups excluding carboxylic acids is 2. The van der Waals surface area contributed by atoms with E-state index in [2.05, 4.69) is 0 Å². The van der Waals surface area contributed by atoms with E-state index in [0.29, 0.717) is 28.5 Å². The molecule has 30 heavy (non-hydrogen) atoms. The Morgan fingerprint density at radius 3 is 2.23 bits per heavy atom. The first-order chi connectivity index (χ1) is 14.7. The monoisotopic (exact) mass is 413 g/mol. The zero-order valence-corrected chi connectivity index (χ0v) is 17.1. The van der Waals surface area contributed by atoms with E-state index in [1.807, 2.05) is 42.5 Å². The quantitative estimate of drug-likeness (QED) is 0.276. The number of fused-ring (bicyclic) bond motifs is 3. The summed E-state index contributed by atoms with van der Waals surface area (Å²) in [4.78, 5) is 30.5. The fraction of sp³-hybridized carbons (Fsp3) is 0.240. The van der Waals surface area contributed by atoms with Crippen LogP contribution in [0.5, 0.6) is 0 Å². The maximum atomic E-state index is 12.9. The highest BCUT2D eigenvalue weighted by Crippen LogP contribution is 2.38. The number of allylic oxidation sites excluding steroid dienone is 1. The summed E-state index contributed by atoms with van der Waals surface area (Å²) in [7, 11) is 0. The second-order valence-electron chi connectivity index (χ2n) is 8.17. The van der Waals surface area contributed by atoms with Gasteiger partial charge in [0.05, 0.1) is 10.3 Å². The Morgan fingerprint density at radius 2 is 1.60 bits per heavy atom. The van der Waals surface area contributed by atoms with E-state index in [9.17, 15) is 9.59 Å². The van der Waals surface area contributed by atoms with Crippen LogP contribution in [0.1, 0.15) is 69.5 Å². The smallest absolute Gasteiger partial charge is 0.237 e. The Hall–Kier alpha value is -3.05. The maximum Gasteiger partial charge on any atom is 0.237 e. The van der Waals surface area contributed by atoms with Crippen molar-refractivity contribution in [3.63, 3.8) is 0 Å². The minimum atomic E-state index is -0.239. The average molecular weight is 413 g/mol. The lowest BCUT2D eigenvalue weighted by atomic mass is 9.90. The van der Waals surface area contributed by atoms with Crippen LogP contribution in [0.4, 0.5) is 0 Å². The highest BCUT2D eigenvalue weighted by Gasteiger charge is 2.34. The summed E-state index contributed by atoms with van der Waals surface area (Å²) >= 11 is 1.67. The van der Waals surface area contributed by atoms with Crippen molar-refractivity contribution in [1.29, 1.82) is 0 Å². The Balaban J connectivity index is 1.35. The van der Waals surface area contributed by atoms with Crippen molar-refractivity contribution in [3.05, 3.63) is 69.9 Å². The molecule has 2 heterocycles. The lowest BCUT2D eigenvalue weighted by molar-refractivity contribution is 0.0990. The molecule has 0 atom stereocenters. The topological polar surface area (TPSA) is 60.2 Å². The second kappa shape index (κ2) is 6.74. The Morgan fingerprint density at radius 1 is 0.933 bits per heavy atom. The molecule has 0 aliphatic heterocycles. The number of nitrogens with zero attached hydrogens (tertiary/aromatic N) is 1. The van der Waals surface area contributed by atoms with Crippen LogP contribution in [-0.4, -0.2) is 16.6 Å². The first-order valence-corrected chi connectivity index (χ1v) is 11.2. The van der Waals surface area contributed by atoms with Crippen molar-refractivity contribution in [2.45, 2.75) is 38.0 Å².